The summed E-state index contributed by atoms with van der Waals surface area (Å²) in [6.45, 7) is 3.21. The van der Waals surface area contributed by atoms with Gasteiger partial charge in [-0.3, -0.25) is 4.79 Å². The molecule has 0 aromatic heterocycles. The van der Waals surface area contributed by atoms with Crippen LogP contribution < -0.4 is 5.32 Å². The van der Waals surface area contributed by atoms with Gasteiger partial charge in [-0.05, 0) is 29.3 Å². The molecule has 4 nitrogen and oxygen atoms in total. The van der Waals surface area contributed by atoms with E-state index in [1.165, 1.54) is 11.6 Å². The standard InChI is InChI=1S/C24H28Cl2N2O2/c1-28(2,21-11-13-30-14-12-21)17-20-5-3-19(4-6-20)16-27-24(29)10-8-18-7-9-22(25)23(26)15-18/h3-10,15,21H,11-14,16-17H2,1-2H3/p+1/b10-8+. The summed E-state index contributed by atoms with van der Waals surface area (Å²) in [5.74, 6) is -0.150. The molecule has 0 bridgehead atoms. The Morgan fingerprint density at radius 1 is 1.07 bits per heavy atom. The van der Waals surface area contributed by atoms with Crippen molar-refractivity contribution in [1.29, 1.82) is 0 Å². The number of ether oxygens (including phenoxy) is 1. The van der Waals surface area contributed by atoms with Crippen LogP contribution in [0, 0.1) is 0 Å². The van der Waals surface area contributed by atoms with Gasteiger partial charge < -0.3 is 14.5 Å². The molecule has 1 aliphatic rings. The molecule has 1 saturated heterocycles. The second-order valence-corrected chi connectivity index (χ2v) is 9.14. The van der Waals surface area contributed by atoms with Gasteiger partial charge in [-0.15, -0.1) is 0 Å². The van der Waals surface area contributed by atoms with Crippen molar-refractivity contribution in [2.75, 3.05) is 27.3 Å². The third-order valence-electron chi connectivity index (χ3n) is 5.63. The van der Waals surface area contributed by atoms with Gasteiger partial charge in [0.2, 0.25) is 5.91 Å². The maximum Gasteiger partial charge on any atom is 0.244 e. The van der Waals surface area contributed by atoms with Gasteiger partial charge in [0.15, 0.2) is 0 Å². The van der Waals surface area contributed by atoms with Crippen LogP contribution in [0.2, 0.25) is 10.0 Å². The van der Waals surface area contributed by atoms with Crippen LogP contribution in [0.5, 0.6) is 0 Å². The maximum atomic E-state index is 12.1. The number of hydrogen-bond donors (Lipinski definition) is 1. The molecule has 30 heavy (non-hydrogen) atoms. The number of carbonyl (C=O) groups excluding carboxylic acids is 1. The Hall–Kier alpha value is -1.85. The Morgan fingerprint density at radius 3 is 2.40 bits per heavy atom. The average Bonchev–Trinajstić information content (AvgIpc) is 2.74. The summed E-state index contributed by atoms with van der Waals surface area (Å²) in [5, 5.41) is 3.88. The largest absolute Gasteiger partial charge is 0.381 e. The molecule has 1 N–H and O–H groups in total. The molecule has 0 spiro atoms. The Kier molecular flexibility index (Phi) is 7.95. The quantitative estimate of drug-likeness (QED) is 0.474. The highest BCUT2D eigenvalue weighted by Crippen LogP contribution is 2.23. The summed E-state index contributed by atoms with van der Waals surface area (Å²) in [6.07, 6.45) is 5.46. The highest BCUT2D eigenvalue weighted by atomic mass is 35.5. The van der Waals surface area contributed by atoms with Crippen LogP contribution in [0.4, 0.5) is 0 Å². The molecule has 0 saturated carbocycles. The first-order valence-corrected chi connectivity index (χ1v) is 11.0. The fraction of sp³-hybridized carbons (Fsp3) is 0.375. The van der Waals surface area contributed by atoms with Crippen molar-refractivity contribution in [1.82, 2.24) is 5.32 Å². The van der Waals surface area contributed by atoms with Crippen LogP contribution in [0.1, 0.15) is 29.5 Å². The number of hydrogen-bond acceptors (Lipinski definition) is 2. The summed E-state index contributed by atoms with van der Waals surface area (Å²) >= 11 is 11.9. The van der Waals surface area contributed by atoms with Crippen LogP contribution in [0.15, 0.2) is 48.5 Å². The smallest absolute Gasteiger partial charge is 0.244 e. The van der Waals surface area contributed by atoms with Gasteiger partial charge >= 0.3 is 0 Å². The average molecular weight is 448 g/mol. The summed E-state index contributed by atoms with van der Waals surface area (Å²) in [4.78, 5) is 12.1. The molecule has 1 fully saturated rings. The van der Waals surface area contributed by atoms with Gasteiger partial charge in [0.05, 0.1) is 43.4 Å². The first-order valence-electron chi connectivity index (χ1n) is 10.2. The lowest BCUT2D eigenvalue weighted by Crippen LogP contribution is -2.50. The molecular formula is C24H29Cl2N2O2+. The van der Waals surface area contributed by atoms with E-state index in [9.17, 15) is 4.79 Å². The number of rotatable bonds is 7. The Labute approximate surface area is 189 Å². The van der Waals surface area contributed by atoms with Crippen molar-refractivity contribution < 1.29 is 14.0 Å². The fourth-order valence-corrected chi connectivity index (χ4v) is 4.09. The van der Waals surface area contributed by atoms with Crippen molar-refractivity contribution in [2.45, 2.75) is 32.0 Å². The van der Waals surface area contributed by atoms with Crippen LogP contribution >= 0.6 is 23.2 Å². The summed E-state index contributed by atoms with van der Waals surface area (Å²) in [6, 6.07) is 14.4. The zero-order chi connectivity index (χ0) is 21.6. The minimum atomic E-state index is -0.150. The zero-order valence-corrected chi connectivity index (χ0v) is 19.0. The number of halogens is 2. The number of nitrogens with one attached hydrogen (secondary N) is 1. The van der Waals surface area contributed by atoms with Gasteiger partial charge in [0.1, 0.15) is 6.54 Å². The third-order valence-corrected chi connectivity index (χ3v) is 6.37. The Balaban J connectivity index is 1.49. The molecule has 1 amide bonds. The van der Waals surface area contributed by atoms with E-state index < -0.39 is 0 Å². The molecule has 0 atom stereocenters. The van der Waals surface area contributed by atoms with Gasteiger partial charge in [0.25, 0.3) is 0 Å². The molecule has 1 heterocycles. The number of nitrogens with zero attached hydrogens (tertiary/aromatic N) is 1. The lowest BCUT2D eigenvalue weighted by molar-refractivity contribution is -0.929. The highest BCUT2D eigenvalue weighted by Gasteiger charge is 2.30. The van der Waals surface area contributed by atoms with Gasteiger partial charge in [-0.1, -0.05) is 53.5 Å². The molecule has 0 unspecified atom stereocenters. The Bertz CT molecular complexity index is 889. The normalized spacial score (nSPS) is 15.5. The van der Waals surface area contributed by atoms with Crippen molar-refractivity contribution in [2.24, 2.45) is 0 Å². The fourth-order valence-electron chi connectivity index (χ4n) is 3.78. The lowest BCUT2D eigenvalue weighted by atomic mass is 10.0. The topological polar surface area (TPSA) is 38.3 Å². The molecule has 3 rings (SSSR count). The van der Waals surface area contributed by atoms with E-state index in [1.54, 1.807) is 18.2 Å². The number of carbonyl (C=O) groups is 1. The number of quaternary nitrogens is 1. The third kappa shape index (κ3) is 6.58. The van der Waals surface area contributed by atoms with E-state index in [4.69, 9.17) is 27.9 Å². The van der Waals surface area contributed by atoms with Crippen LogP contribution in [0.3, 0.4) is 0 Å². The van der Waals surface area contributed by atoms with Crippen molar-refractivity contribution in [3.63, 3.8) is 0 Å². The molecular weight excluding hydrogens is 419 g/mol. The number of benzene rings is 2. The molecule has 160 valence electrons. The monoisotopic (exact) mass is 447 g/mol. The van der Waals surface area contributed by atoms with E-state index in [2.05, 4.69) is 43.7 Å². The Morgan fingerprint density at radius 2 is 1.73 bits per heavy atom. The second-order valence-electron chi connectivity index (χ2n) is 8.32. The SMILES string of the molecule is C[N+](C)(Cc1ccc(CNC(=O)/C=C/c2ccc(Cl)c(Cl)c2)cc1)C1CCOCC1. The molecule has 2 aromatic carbocycles. The summed E-state index contributed by atoms with van der Waals surface area (Å²) in [7, 11) is 4.59. The van der Waals surface area contributed by atoms with E-state index in [0.717, 1.165) is 48.2 Å². The number of amides is 1. The summed E-state index contributed by atoms with van der Waals surface area (Å²) in [5.41, 5.74) is 3.21. The predicted molar refractivity (Wildman–Crippen MR) is 123 cm³/mol. The highest BCUT2D eigenvalue weighted by molar-refractivity contribution is 6.42. The van der Waals surface area contributed by atoms with E-state index in [0.29, 0.717) is 22.6 Å². The lowest BCUT2D eigenvalue weighted by Gasteiger charge is -2.40. The second kappa shape index (κ2) is 10.5. The molecule has 0 aliphatic carbocycles. The predicted octanol–water partition coefficient (Wildman–Crippen LogP) is 5.08. The van der Waals surface area contributed by atoms with Gasteiger partial charge in [-0.2, -0.15) is 0 Å². The molecule has 6 heteroatoms. The zero-order valence-electron chi connectivity index (χ0n) is 17.5. The van der Waals surface area contributed by atoms with Crippen LogP contribution in [-0.4, -0.2) is 43.7 Å². The van der Waals surface area contributed by atoms with Crippen LogP contribution in [0.25, 0.3) is 6.08 Å². The van der Waals surface area contributed by atoms with E-state index >= 15 is 0 Å². The van der Waals surface area contributed by atoms with Crippen molar-refractivity contribution in [3.05, 3.63) is 75.3 Å². The summed E-state index contributed by atoms with van der Waals surface area (Å²) < 4.78 is 6.47. The van der Waals surface area contributed by atoms with E-state index in [1.807, 2.05) is 6.07 Å². The first kappa shape index (κ1) is 22.8. The molecule has 2 aromatic rings. The first-order chi connectivity index (χ1) is 14.3. The molecule has 0 radical (unpaired) electrons. The van der Waals surface area contributed by atoms with E-state index in [-0.39, 0.29) is 5.91 Å². The van der Waals surface area contributed by atoms with Crippen molar-refractivity contribution >= 4 is 35.2 Å². The van der Waals surface area contributed by atoms with Crippen molar-refractivity contribution in [3.8, 4) is 0 Å². The van der Waals surface area contributed by atoms with Gasteiger partial charge in [0, 0.05) is 31.0 Å². The minimum absolute atomic E-state index is 0.150. The van der Waals surface area contributed by atoms with Crippen LogP contribution in [-0.2, 0) is 22.6 Å². The molecule has 1 aliphatic heterocycles. The minimum Gasteiger partial charge on any atom is -0.381 e. The maximum absolute atomic E-state index is 12.1. The van der Waals surface area contributed by atoms with Gasteiger partial charge in [-0.25, -0.2) is 0 Å².